The van der Waals surface area contributed by atoms with Crippen LogP contribution < -0.4 is 0 Å². The van der Waals surface area contributed by atoms with Gasteiger partial charge in [-0.2, -0.15) is 0 Å². The van der Waals surface area contributed by atoms with Gasteiger partial charge in [0, 0.05) is 38.2 Å². The second-order valence-corrected chi connectivity index (χ2v) is 15.0. The molecule has 12 aromatic rings. The first-order chi connectivity index (χ1) is 28.7. The van der Waals surface area contributed by atoms with Crippen LogP contribution in [0.15, 0.2) is 206 Å². The fourth-order valence-electron chi connectivity index (χ4n) is 8.95. The van der Waals surface area contributed by atoms with Crippen molar-refractivity contribution < 1.29 is 0 Å². The molecule has 3 aromatic heterocycles. The summed E-state index contributed by atoms with van der Waals surface area (Å²) in [6.07, 6.45) is 0. The zero-order valence-electron chi connectivity index (χ0n) is 31.4. The standard InChI is InChI=1S/C54H34N4/c1-2-12-35(13-3-1)37-24-28-42(29-25-37)57-49-20-10-7-16-43(49)46-33-39(26-30-51(46)57)40-27-31-52-47(34-40)44-17-8-11-21-50(44)58(52)54-55-48-19-9-6-18-45(48)53(56-54)41-23-22-36-14-4-5-15-38(36)32-41/h1-34H. The minimum absolute atomic E-state index is 0.659. The number of para-hydroxylation sites is 3. The maximum absolute atomic E-state index is 5.36. The molecule has 0 radical (unpaired) electrons. The summed E-state index contributed by atoms with van der Waals surface area (Å²) in [5.74, 6) is 0.659. The zero-order chi connectivity index (χ0) is 38.2. The second kappa shape index (κ2) is 12.9. The summed E-state index contributed by atoms with van der Waals surface area (Å²) in [4.78, 5) is 10.6. The number of rotatable bonds is 5. The van der Waals surface area contributed by atoms with E-state index in [1.807, 2.05) is 0 Å². The molecule has 0 atom stereocenters. The number of fused-ring (bicyclic) bond motifs is 8. The van der Waals surface area contributed by atoms with Crippen LogP contribution in [0.1, 0.15) is 0 Å². The summed E-state index contributed by atoms with van der Waals surface area (Å²) in [6, 6.07) is 73.9. The fraction of sp³-hybridized carbons (Fsp3) is 0. The van der Waals surface area contributed by atoms with Crippen LogP contribution >= 0.6 is 0 Å². The lowest BCUT2D eigenvalue weighted by Crippen LogP contribution is -2.03. The predicted octanol–water partition coefficient (Wildman–Crippen LogP) is 14.0. The van der Waals surface area contributed by atoms with Crippen LogP contribution in [0.25, 0.3) is 110 Å². The molecule has 0 aliphatic heterocycles. The van der Waals surface area contributed by atoms with Gasteiger partial charge in [-0.3, -0.25) is 4.57 Å². The maximum Gasteiger partial charge on any atom is 0.235 e. The molecule has 0 aliphatic rings. The maximum atomic E-state index is 5.36. The van der Waals surface area contributed by atoms with Crippen molar-refractivity contribution in [1.29, 1.82) is 0 Å². The van der Waals surface area contributed by atoms with Gasteiger partial charge in [0.15, 0.2) is 0 Å². The second-order valence-electron chi connectivity index (χ2n) is 15.0. The smallest absolute Gasteiger partial charge is 0.235 e. The Morgan fingerprint density at radius 1 is 0.293 bits per heavy atom. The minimum atomic E-state index is 0.659. The minimum Gasteiger partial charge on any atom is -0.309 e. The summed E-state index contributed by atoms with van der Waals surface area (Å²) in [5.41, 5.74) is 13.4. The molecule has 12 rings (SSSR count). The molecular weight excluding hydrogens is 705 g/mol. The highest BCUT2D eigenvalue weighted by Gasteiger charge is 2.19. The highest BCUT2D eigenvalue weighted by Crippen LogP contribution is 2.39. The monoisotopic (exact) mass is 738 g/mol. The van der Waals surface area contributed by atoms with Gasteiger partial charge in [-0.05, 0) is 93.7 Å². The van der Waals surface area contributed by atoms with Crippen molar-refractivity contribution in [2.45, 2.75) is 0 Å². The molecule has 0 fully saturated rings. The van der Waals surface area contributed by atoms with E-state index in [0.29, 0.717) is 5.95 Å². The molecule has 0 N–H and O–H groups in total. The molecule has 0 bridgehead atoms. The van der Waals surface area contributed by atoms with Gasteiger partial charge < -0.3 is 4.57 Å². The molecule has 0 unspecified atom stereocenters. The van der Waals surface area contributed by atoms with Gasteiger partial charge >= 0.3 is 0 Å². The normalized spacial score (nSPS) is 11.8. The molecule has 0 spiro atoms. The molecule has 4 nitrogen and oxygen atoms in total. The Hall–Kier alpha value is -7.82. The zero-order valence-corrected chi connectivity index (χ0v) is 31.4. The van der Waals surface area contributed by atoms with Crippen LogP contribution in [0.4, 0.5) is 0 Å². The van der Waals surface area contributed by atoms with E-state index in [4.69, 9.17) is 9.97 Å². The first-order valence-electron chi connectivity index (χ1n) is 19.7. The number of hydrogen-bond donors (Lipinski definition) is 0. The van der Waals surface area contributed by atoms with Crippen molar-refractivity contribution in [2.75, 3.05) is 0 Å². The van der Waals surface area contributed by atoms with E-state index in [1.54, 1.807) is 0 Å². The van der Waals surface area contributed by atoms with Gasteiger partial charge in [0.05, 0.1) is 33.3 Å². The molecule has 270 valence electrons. The molecule has 0 saturated heterocycles. The van der Waals surface area contributed by atoms with Crippen LogP contribution in [0.5, 0.6) is 0 Å². The van der Waals surface area contributed by atoms with Crippen molar-refractivity contribution >= 4 is 65.3 Å². The molecule has 3 heterocycles. The quantitative estimate of drug-likeness (QED) is 0.176. The number of hydrogen-bond acceptors (Lipinski definition) is 2. The molecule has 0 amide bonds. The van der Waals surface area contributed by atoms with Gasteiger partial charge in [0.25, 0.3) is 0 Å². The summed E-state index contributed by atoms with van der Waals surface area (Å²) in [7, 11) is 0. The van der Waals surface area contributed by atoms with E-state index in [2.05, 4.69) is 215 Å². The van der Waals surface area contributed by atoms with Crippen LogP contribution in [0.3, 0.4) is 0 Å². The Morgan fingerprint density at radius 3 is 1.53 bits per heavy atom. The first-order valence-corrected chi connectivity index (χ1v) is 19.7. The average Bonchev–Trinajstić information content (AvgIpc) is 3.81. The molecule has 58 heavy (non-hydrogen) atoms. The average molecular weight is 739 g/mol. The van der Waals surface area contributed by atoms with E-state index in [1.165, 1.54) is 54.7 Å². The summed E-state index contributed by atoms with van der Waals surface area (Å²) < 4.78 is 4.61. The summed E-state index contributed by atoms with van der Waals surface area (Å²) in [5, 5.41) is 8.23. The van der Waals surface area contributed by atoms with Gasteiger partial charge in [-0.25, -0.2) is 9.97 Å². The Morgan fingerprint density at radius 2 is 0.810 bits per heavy atom. The van der Waals surface area contributed by atoms with Crippen molar-refractivity contribution in [3.63, 3.8) is 0 Å². The topological polar surface area (TPSA) is 35.6 Å². The van der Waals surface area contributed by atoms with E-state index in [-0.39, 0.29) is 0 Å². The first kappa shape index (κ1) is 32.4. The highest BCUT2D eigenvalue weighted by atomic mass is 15.2. The highest BCUT2D eigenvalue weighted by molar-refractivity contribution is 6.13. The molecule has 0 saturated carbocycles. The lowest BCUT2D eigenvalue weighted by atomic mass is 10.0. The van der Waals surface area contributed by atoms with Gasteiger partial charge in [-0.1, -0.05) is 146 Å². The van der Waals surface area contributed by atoms with Crippen molar-refractivity contribution in [2.24, 2.45) is 0 Å². The van der Waals surface area contributed by atoms with Crippen LogP contribution in [-0.2, 0) is 0 Å². The lowest BCUT2D eigenvalue weighted by Gasteiger charge is -2.12. The van der Waals surface area contributed by atoms with E-state index in [9.17, 15) is 0 Å². The Bertz CT molecular complexity index is 3560. The van der Waals surface area contributed by atoms with Crippen molar-refractivity contribution in [3.05, 3.63) is 206 Å². The number of aromatic nitrogens is 4. The van der Waals surface area contributed by atoms with Crippen molar-refractivity contribution in [3.8, 4) is 45.1 Å². The Labute approximate surface area is 334 Å². The third-order valence-corrected chi connectivity index (χ3v) is 11.7. The fourth-order valence-corrected chi connectivity index (χ4v) is 8.95. The van der Waals surface area contributed by atoms with E-state index < -0.39 is 0 Å². The van der Waals surface area contributed by atoms with Crippen LogP contribution in [-0.4, -0.2) is 19.1 Å². The summed E-state index contributed by atoms with van der Waals surface area (Å²) in [6.45, 7) is 0. The van der Waals surface area contributed by atoms with Gasteiger partial charge in [0.2, 0.25) is 5.95 Å². The van der Waals surface area contributed by atoms with Crippen LogP contribution in [0, 0.1) is 0 Å². The lowest BCUT2D eigenvalue weighted by molar-refractivity contribution is 1.01. The number of benzene rings is 9. The third kappa shape index (κ3) is 5.09. The Balaban J connectivity index is 1.00. The molecule has 4 heteroatoms. The largest absolute Gasteiger partial charge is 0.309 e. The van der Waals surface area contributed by atoms with Gasteiger partial charge in [0.1, 0.15) is 0 Å². The number of nitrogens with zero attached hydrogens (tertiary/aromatic N) is 4. The van der Waals surface area contributed by atoms with E-state index in [0.717, 1.165) is 49.8 Å². The summed E-state index contributed by atoms with van der Waals surface area (Å²) >= 11 is 0. The molecular formula is C54H34N4. The molecule has 9 aromatic carbocycles. The SMILES string of the molecule is c1ccc(-c2ccc(-n3c4ccccc4c4cc(-c5ccc6c(c5)c5ccccc5n6-c5nc(-c6ccc7ccccc7c6)c6ccccc6n5)ccc43)cc2)cc1. The van der Waals surface area contributed by atoms with Crippen molar-refractivity contribution in [1.82, 2.24) is 19.1 Å². The van der Waals surface area contributed by atoms with Gasteiger partial charge in [-0.15, -0.1) is 0 Å². The third-order valence-electron chi connectivity index (χ3n) is 11.7. The van der Waals surface area contributed by atoms with E-state index >= 15 is 0 Å². The molecule has 0 aliphatic carbocycles. The van der Waals surface area contributed by atoms with Crippen LogP contribution in [0.2, 0.25) is 0 Å². The predicted molar refractivity (Wildman–Crippen MR) is 242 cm³/mol. The Kier molecular flexibility index (Phi) is 7.20.